The van der Waals surface area contributed by atoms with E-state index in [0.717, 1.165) is 43.0 Å². The Balaban J connectivity index is 1.24. The van der Waals surface area contributed by atoms with Crippen LogP contribution in [-0.4, -0.2) is 70.5 Å². The number of aromatic nitrogens is 1. The number of likely N-dealkylation sites (tertiary alicyclic amines) is 1. The first-order valence-corrected chi connectivity index (χ1v) is 14.1. The third-order valence-electron chi connectivity index (χ3n) is 8.70. The van der Waals surface area contributed by atoms with E-state index < -0.39 is 35.6 Å². The van der Waals surface area contributed by atoms with Crippen LogP contribution in [0.1, 0.15) is 61.9 Å². The molecule has 2 aromatic rings. The summed E-state index contributed by atoms with van der Waals surface area (Å²) >= 11 is 6.31. The van der Waals surface area contributed by atoms with E-state index in [4.69, 9.17) is 11.6 Å². The van der Waals surface area contributed by atoms with Gasteiger partial charge >= 0.3 is 0 Å². The Morgan fingerprint density at radius 2 is 1.92 bits per heavy atom. The van der Waals surface area contributed by atoms with Crippen LogP contribution in [0.25, 0.3) is 10.9 Å². The SMILES string of the molecule is O=C(NC1CC1)C(=O)C(CC1CCNC1=O)NC(=O)C1CC2(CCN1C(=O)c1cc3c(Cl)cccc3[nH]1)CC2. The van der Waals surface area contributed by atoms with Crippen molar-refractivity contribution in [2.24, 2.45) is 11.3 Å². The quantitative estimate of drug-likeness (QED) is 0.370. The van der Waals surface area contributed by atoms with Crippen molar-refractivity contribution in [2.45, 2.75) is 69.5 Å². The molecule has 1 spiro atoms. The highest BCUT2D eigenvalue weighted by Gasteiger charge is 2.51. The van der Waals surface area contributed by atoms with Gasteiger partial charge in [-0.25, -0.2) is 0 Å². The normalized spacial score (nSPS) is 24.3. The summed E-state index contributed by atoms with van der Waals surface area (Å²) in [5.74, 6) is -2.94. The maximum Gasteiger partial charge on any atom is 0.289 e. The number of hydrogen-bond acceptors (Lipinski definition) is 5. The summed E-state index contributed by atoms with van der Waals surface area (Å²) in [6, 6.07) is 5.12. The molecule has 4 aliphatic rings. The lowest BCUT2D eigenvalue weighted by Crippen LogP contribution is -2.58. The van der Waals surface area contributed by atoms with Crippen molar-refractivity contribution in [1.29, 1.82) is 0 Å². The van der Waals surface area contributed by atoms with E-state index in [2.05, 4.69) is 20.9 Å². The van der Waals surface area contributed by atoms with E-state index in [9.17, 15) is 24.0 Å². The van der Waals surface area contributed by atoms with E-state index in [-0.39, 0.29) is 29.7 Å². The fourth-order valence-electron chi connectivity index (χ4n) is 5.93. The number of fused-ring (bicyclic) bond motifs is 1. The maximum absolute atomic E-state index is 13.8. The Labute approximate surface area is 230 Å². The largest absolute Gasteiger partial charge is 0.356 e. The predicted octanol–water partition coefficient (Wildman–Crippen LogP) is 2.06. The highest BCUT2D eigenvalue weighted by atomic mass is 35.5. The lowest BCUT2D eigenvalue weighted by Gasteiger charge is -2.39. The molecule has 3 atom stereocenters. The van der Waals surface area contributed by atoms with Crippen LogP contribution in [0.15, 0.2) is 24.3 Å². The van der Waals surface area contributed by atoms with Crippen molar-refractivity contribution in [3.8, 4) is 0 Å². The van der Waals surface area contributed by atoms with Crippen molar-refractivity contribution < 1.29 is 24.0 Å². The van der Waals surface area contributed by atoms with Crippen LogP contribution in [0.2, 0.25) is 5.02 Å². The highest BCUT2D eigenvalue weighted by molar-refractivity contribution is 6.38. The van der Waals surface area contributed by atoms with Gasteiger partial charge in [0.25, 0.3) is 11.8 Å². The van der Waals surface area contributed by atoms with Crippen molar-refractivity contribution in [2.75, 3.05) is 13.1 Å². The van der Waals surface area contributed by atoms with Crippen LogP contribution in [0.5, 0.6) is 0 Å². The molecule has 0 bridgehead atoms. The maximum atomic E-state index is 13.8. The Bertz CT molecular complexity index is 1360. The molecule has 4 fully saturated rings. The van der Waals surface area contributed by atoms with E-state index in [0.29, 0.717) is 36.6 Å². The molecular formula is C28H32ClN5O5. The Hall–Kier alpha value is -3.40. The summed E-state index contributed by atoms with van der Waals surface area (Å²) in [6.45, 7) is 0.903. The standard InChI is InChI=1S/C28H32ClN5O5/c29-18-2-1-3-19-17(18)13-21(32-19)27(39)34-11-9-28(7-8-28)14-22(34)25(37)33-20(12-15-6-10-30-24(15)36)23(35)26(38)31-16-4-5-16/h1-3,13,15-16,20,22,32H,4-12,14H2,(H,30,36)(H,31,38)(H,33,37). The number of nitrogens with one attached hydrogen (secondary N) is 4. The first kappa shape index (κ1) is 25.9. The molecule has 2 aliphatic carbocycles. The van der Waals surface area contributed by atoms with Crippen LogP contribution in [0, 0.1) is 11.3 Å². The average molecular weight is 554 g/mol. The number of benzene rings is 1. The summed E-state index contributed by atoms with van der Waals surface area (Å²) in [4.78, 5) is 70.2. The van der Waals surface area contributed by atoms with Gasteiger partial charge in [0.15, 0.2) is 0 Å². The lowest BCUT2D eigenvalue weighted by molar-refractivity contribution is -0.141. The fourth-order valence-corrected chi connectivity index (χ4v) is 6.16. The highest BCUT2D eigenvalue weighted by Crippen LogP contribution is 2.55. The van der Waals surface area contributed by atoms with Gasteiger partial charge in [0, 0.05) is 41.0 Å². The van der Waals surface area contributed by atoms with Gasteiger partial charge in [-0.15, -0.1) is 0 Å². The van der Waals surface area contributed by atoms with Gasteiger partial charge in [-0.05, 0) is 75.0 Å². The van der Waals surface area contributed by atoms with Crippen LogP contribution in [0.3, 0.4) is 0 Å². The number of aromatic amines is 1. The molecule has 1 aromatic heterocycles. The first-order valence-electron chi connectivity index (χ1n) is 13.7. The molecule has 3 unspecified atom stereocenters. The number of Topliss-reactive ketones (excluding diaryl/α,β-unsaturated/α-hetero) is 1. The topological polar surface area (TPSA) is 140 Å². The van der Waals surface area contributed by atoms with Gasteiger partial charge in [-0.2, -0.15) is 0 Å². The molecule has 4 amide bonds. The van der Waals surface area contributed by atoms with Crippen molar-refractivity contribution in [3.05, 3.63) is 35.0 Å². The third kappa shape index (κ3) is 5.26. The number of hydrogen-bond donors (Lipinski definition) is 4. The van der Waals surface area contributed by atoms with E-state index in [1.807, 2.05) is 6.07 Å². The number of carbonyl (C=O) groups is 5. The molecule has 2 saturated carbocycles. The van der Waals surface area contributed by atoms with Crippen molar-refractivity contribution in [3.63, 3.8) is 0 Å². The molecule has 4 N–H and O–H groups in total. The van der Waals surface area contributed by atoms with Gasteiger partial charge in [-0.3, -0.25) is 24.0 Å². The van der Waals surface area contributed by atoms with Crippen molar-refractivity contribution in [1.82, 2.24) is 25.8 Å². The number of rotatable bonds is 8. The van der Waals surface area contributed by atoms with Gasteiger partial charge in [0.2, 0.25) is 17.6 Å². The first-order chi connectivity index (χ1) is 18.7. The van der Waals surface area contributed by atoms with Crippen LogP contribution in [-0.2, 0) is 19.2 Å². The van der Waals surface area contributed by atoms with Crippen LogP contribution in [0.4, 0.5) is 0 Å². The molecule has 6 rings (SSSR count). The zero-order valence-corrected chi connectivity index (χ0v) is 22.3. The molecule has 39 heavy (non-hydrogen) atoms. The monoisotopic (exact) mass is 553 g/mol. The van der Waals surface area contributed by atoms with E-state index in [1.165, 1.54) is 0 Å². The Morgan fingerprint density at radius 1 is 1.13 bits per heavy atom. The van der Waals surface area contributed by atoms with Crippen molar-refractivity contribution >= 4 is 51.9 Å². The molecule has 0 radical (unpaired) electrons. The molecule has 1 aromatic carbocycles. The number of carbonyl (C=O) groups excluding carboxylic acids is 5. The number of halogens is 1. The summed E-state index contributed by atoms with van der Waals surface area (Å²) in [6.07, 6.45) is 5.50. The molecule has 2 aliphatic heterocycles. The van der Waals surface area contributed by atoms with Crippen LogP contribution >= 0.6 is 11.6 Å². The Kier molecular flexibility index (Phi) is 6.61. The number of ketones is 1. The second-order valence-electron chi connectivity index (χ2n) is 11.5. The zero-order chi connectivity index (χ0) is 27.3. The van der Waals surface area contributed by atoms with Crippen LogP contribution < -0.4 is 16.0 Å². The minimum atomic E-state index is -1.15. The van der Waals surface area contributed by atoms with Gasteiger partial charge in [-0.1, -0.05) is 17.7 Å². The molecule has 10 nitrogen and oxygen atoms in total. The number of nitrogens with zero attached hydrogens (tertiary/aromatic N) is 1. The average Bonchev–Trinajstić information content (AvgIpc) is 3.80. The second-order valence-corrected chi connectivity index (χ2v) is 11.9. The number of H-pyrrole nitrogens is 1. The molecule has 2 saturated heterocycles. The molecule has 11 heteroatoms. The number of piperidine rings is 1. The van der Waals surface area contributed by atoms with E-state index in [1.54, 1.807) is 23.1 Å². The molecular weight excluding hydrogens is 522 g/mol. The molecule has 3 heterocycles. The van der Waals surface area contributed by atoms with E-state index >= 15 is 0 Å². The smallest absolute Gasteiger partial charge is 0.289 e. The van der Waals surface area contributed by atoms with Gasteiger partial charge < -0.3 is 25.8 Å². The second kappa shape index (κ2) is 9.97. The number of amides is 4. The minimum Gasteiger partial charge on any atom is -0.356 e. The summed E-state index contributed by atoms with van der Waals surface area (Å²) in [7, 11) is 0. The minimum absolute atomic E-state index is 0.0152. The lowest BCUT2D eigenvalue weighted by atomic mass is 9.86. The summed E-state index contributed by atoms with van der Waals surface area (Å²) in [5.41, 5.74) is 1.09. The van der Waals surface area contributed by atoms with Gasteiger partial charge in [0.1, 0.15) is 11.7 Å². The predicted molar refractivity (Wildman–Crippen MR) is 143 cm³/mol. The fraction of sp³-hybridized carbons (Fsp3) is 0.536. The third-order valence-corrected chi connectivity index (χ3v) is 9.03. The Morgan fingerprint density at radius 3 is 2.59 bits per heavy atom. The zero-order valence-electron chi connectivity index (χ0n) is 21.6. The van der Waals surface area contributed by atoms with Gasteiger partial charge in [0.05, 0.1) is 6.04 Å². The molecule has 206 valence electrons. The summed E-state index contributed by atoms with van der Waals surface area (Å²) < 4.78 is 0. The summed E-state index contributed by atoms with van der Waals surface area (Å²) in [5, 5.41) is 9.48.